The molecule has 0 aliphatic carbocycles. The van der Waals surface area contributed by atoms with E-state index >= 15 is 0 Å². The van der Waals surface area contributed by atoms with Gasteiger partial charge in [0.1, 0.15) is 5.82 Å². The molecule has 0 bridgehead atoms. The van der Waals surface area contributed by atoms with Gasteiger partial charge in [0.2, 0.25) is 21.9 Å². The molecule has 0 fully saturated rings. The number of sulfonamides is 1. The highest BCUT2D eigenvalue weighted by molar-refractivity contribution is 7.88. The second-order valence-electron chi connectivity index (χ2n) is 8.90. The van der Waals surface area contributed by atoms with Crippen molar-refractivity contribution in [2.75, 3.05) is 16.0 Å². The summed E-state index contributed by atoms with van der Waals surface area (Å²) in [7, 11) is -1.57. The topological polar surface area (TPSA) is 140 Å². The van der Waals surface area contributed by atoms with E-state index in [4.69, 9.17) is 10.1 Å². The van der Waals surface area contributed by atoms with E-state index in [0.717, 1.165) is 28.2 Å². The zero-order valence-corrected chi connectivity index (χ0v) is 22.8. The zero-order valence-electron chi connectivity index (χ0n) is 21.2. The van der Waals surface area contributed by atoms with Crippen LogP contribution in [0.2, 0.25) is 0 Å². The summed E-state index contributed by atoms with van der Waals surface area (Å²) in [5.41, 5.74) is 5.58. The van der Waals surface area contributed by atoms with Gasteiger partial charge in [0.05, 0.1) is 16.8 Å². The fourth-order valence-corrected chi connectivity index (χ4v) is 4.70. The molecule has 0 amide bonds. The maximum atomic E-state index is 11.3. The van der Waals surface area contributed by atoms with Gasteiger partial charge in [-0.25, -0.2) is 23.5 Å². The van der Waals surface area contributed by atoms with Gasteiger partial charge < -0.3 is 20.5 Å². The molecule has 2 aromatic heterocycles. The van der Waals surface area contributed by atoms with E-state index in [1.165, 1.54) is 5.56 Å². The third kappa shape index (κ3) is 7.44. The molecule has 5 rings (SSSR count). The average Bonchev–Trinajstić information content (AvgIpc) is 3.22. The lowest BCUT2D eigenvalue weighted by Crippen LogP contribution is -2.14. The van der Waals surface area contributed by atoms with Crippen molar-refractivity contribution in [2.45, 2.75) is 18.8 Å². The van der Waals surface area contributed by atoms with Crippen LogP contribution in [0.15, 0.2) is 85.1 Å². The number of halogens is 1. The molecule has 10 nitrogen and oxygen atoms in total. The standard InChI is InChI=1S/C27H28N8O2S.ClH/c1-35-24-12-9-21(15-23(24)33-27(35)31-16-19-5-3-2-4-6-19)17-30-25-13-14-29-26(34-25)32-22-10-7-20(8-11-22)18-38(28,36)37;/h2-15H,16-18H2,1H3,(H,31,33)(H2,28,36,37)(H2,29,30,32,34);1H. The summed E-state index contributed by atoms with van der Waals surface area (Å²) in [5, 5.41) is 15.0. The summed E-state index contributed by atoms with van der Waals surface area (Å²) >= 11 is 0. The normalized spacial score (nSPS) is 11.1. The molecule has 0 saturated carbocycles. The summed E-state index contributed by atoms with van der Waals surface area (Å²) in [6.07, 6.45) is 1.67. The van der Waals surface area contributed by atoms with Gasteiger partial charge in [0, 0.05) is 32.0 Å². The lowest BCUT2D eigenvalue weighted by Gasteiger charge is -2.09. The zero-order chi connectivity index (χ0) is 26.5. The van der Waals surface area contributed by atoms with Crippen molar-refractivity contribution in [2.24, 2.45) is 12.2 Å². The first kappa shape index (κ1) is 27.8. The van der Waals surface area contributed by atoms with Gasteiger partial charge in [0.15, 0.2) is 0 Å². The number of imidazole rings is 1. The fraction of sp³-hybridized carbons (Fsp3) is 0.148. The fourth-order valence-electron chi connectivity index (χ4n) is 4.05. The Hall–Kier alpha value is -4.19. The van der Waals surface area contributed by atoms with Gasteiger partial charge in [-0.15, -0.1) is 12.4 Å². The Morgan fingerprint density at radius 3 is 2.31 bits per heavy atom. The minimum absolute atomic E-state index is 0. The van der Waals surface area contributed by atoms with Crippen LogP contribution in [0.4, 0.5) is 23.4 Å². The lowest BCUT2D eigenvalue weighted by atomic mass is 10.2. The Kier molecular flexibility index (Phi) is 8.65. The predicted octanol–water partition coefficient (Wildman–Crippen LogP) is 4.54. The monoisotopic (exact) mass is 564 g/mol. The largest absolute Gasteiger partial charge is 0.366 e. The minimum atomic E-state index is -3.57. The maximum absolute atomic E-state index is 11.3. The summed E-state index contributed by atoms with van der Waals surface area (Å²) < 4.78 is 24.6. The number of primary sulfonamides is 1. The first-order valence-corrected chi connectivity index (χ1v) is 13.7. The Labute approximate surface area is 233 Å². The number of nitrogens with two attached hydrogens (primary N) is 1. The van der Waals surface area contributed by atoms with Crippen LogP contribution in [0.1, 0.15) is 16.7 Å². The van der Waals surface area contributed by atoms with Gasteiger partial charge in [-0.1, -0.05) is 48.5 Å². The van der Waals surface area contributed by atoms with Crippen LogP contribution < -0.4 is 21.1 Å². The van der Waals surface area contributed by atoms with E-state index in [9.17, 15) is 8.42 Å². The molecular formula is C27H29ClN8O2S. The van der Waals surface area contributed by atoms with Crippen molar-refractivity contribution in [3.63, 3.8) is 0 Å². The highest BCUT2D eigenvalue weighted by Gasteiger charge is 2.09. The maximum Gasteiger partial charge on any atom is 0.229 e. The molecule has 2 heterocycles. The predicted molar refractivity (Wildman–Crippen MR) is 158 cm³/mol. The number of hydrogen-bond acceptors (Lipinski definition) is 8. The van der Waals surface area contributed by atoms with E-state index in [2.05, 4.69) is 60.8 Å². The van der Waals surface area contributed by atoms with E-state index in [1.54, 1.807) is 36.5 Å². The van der Waals surface area contributed by atoms with Crippen LogP contribution >= 0.6 is 12.4 Å². The lowest BCUT2D eigenvalue weighted by molar-refractivity contribution is 0.597. The molecular weight excluding hydrogens is 536 g/mol. The van der Waals surface area contributed by atoms with Crippen LogP contribution in [0.25, 0.3) is 11.0 Å². The third-order valence-corrected chi connectivity index (χ3v) is 6.68. The molecule has 0 aliphatic rings. The molecule has 0 radical (unpaired) electrons. The molecule has 3 aromatic carbocycles. The van der Waals surface area contributed by atoms with Crippen molar-refractivity contribution < 1.29 is 8.42 Å². The summed E-state index contributed by atoms with van der Waals surface area (Å²) in [6, 6.07) is 25.2. The van der Waals surface area contributed by atoms with Crippen molar-refractivity contribution in [1.82, 2.24) is 19.5 Å². The second-order valence-corrected chi connectivity index (χ2v) is 10.5. The number of aromatic nitrogens is 4. The van der Waals surface area contributed by atoms with E-state index in [1.807, 2.05) is 25.2 Å². The number of fused-ring (bicyclic) bond motifs is 1. The quantitative estimate of drug-likeness (QED) is 0.194. The molecule has 202 valence electrons. The highest BCUT2D eigenvalue weighted by Crippen LogP contribution is 2.21. The van der Waals surface area contributed by atoms with Crippen LogP contribution in [0.5, 0.6) is 0 Å². The number of rotatable bonds is 10. The number of nitrogens with zero attached hydrogens (tertiary/aromatic N) is 4. The smallest absolute Gasteiger partial charge is 0.229 e. The van der Waals surface area contributed by atoms with Gasteiger partial charge in [-0.3, -0.25) is 0 Å². The average molecular weight is 565 g/mol. The van der Waals surface area contributed by atoms with Crippen LogP contribution in [-0.2, 0) is 35.9 Å². The summed E-state index contributed by atoms with van der Waals surface area (Å²) in [5.74, 6) is 1.69. The van der Waals surface area contributed by atoms with Crippen molar-refractivity contribution >= 4 is 56.9 Å². The second kappa shape index (κ2) is 12.1. The van der Waals surface area contributed by atoms with Crippen molar-refractivity contribution in [3.8, 4) is 0 Å². The summed E-state index contributed by atoms with van der Waals surface area (Å²) in [6.45, 7) is 1.27. The van der Waals surface area contributed by atoms with Gasteiger partial charge >= 0.3 is 0 Å². The molecule has 0 aliphatic heterocycles. The third-order valence-electron chi connectivity index (χ3n) is 5.95. The van der Waals surface area contributed by atoms with Crippen LogP contribution in [0, 0.1) is 0 Å². The number of aryl methyl sites for hydroxylation is 1. The molecule has 0 saturated heterocycles. The van der Waals surface area contributed by atoms with Gasteiger partial charge in [-0.05, 0) is 47.0 Å². The van der Waals surface area contributed by atoms with Crippen LogP contribution in [0.3, 0.4) is 0 Å². The number of anilines is 4. The minimum Gasteiger partial charge on any atom is -0.366 e. The Morgan fingerprint density at radius 2 is 1.56 bits per heavy atom. The molecule has 5 N–H and O–H groups in total. The molecule has 0 spiro atoms. The first-order valence-electron chi connectivity index (χ1n) is 12.0. The Bertz CT molecular complexity index is 1660. The Balaban J connectivity index is 0.00000353. The van der Waals surface area contributed by atoms with Gasteiger partial charge in [-0.2, -0.15) is 4.98 Å². The number of benzene rings is 3. The molecule has 0 unspecified atom stereocenters. The van der Waals surface area contributed by atoms with Gasteiger partial charge in [0.25, 0.3) is 0 Å². The molecule has 39 heavy (non-hydrogen) atoms. The molecule has 0 atom stereocenters. The van der Waals surface area contributed by atoms with E-state index in [0.29, 0.717) is 30.4 Å². The van der Waals surface area contributed by atoms with Crippen molar-refractivity contribution in [1.29, 1.82) is 0 Å². The summed E-state index contributed by atoms with van der Waals surface area (Å²) in [4.78, 5) is 13.6. The molecule has 5 aromatic rings. The van der Waals surface area contributed by atoms with E-state index in [-0.39, 0.29) is 18.2 Å². The molecule has 12 heteroatoms. The Morgan fingerprint density at radius 1 is 0.846 bits per heavy atom. The SMILES string of the molecule is Cl.Cn1c(NCc2ccccc2)nc2cc(CNc3ccnc(Nc4ccc(CS(N)(=O)=O)cc4)n3)ccc21. The first-order chi connectivity index (χ1) is 18.3. The van der Waals surface area contributed by atoms with E-state index < -0.39 is 10.0 Å². The number of hydrogen-bond donors (Lipinski definition) is 4. The number of nitrogens with one attached hydrogen (secondary N) is 3. The van der Waals surface area contributed by atoms with Crippen LogP contribution in [-0.4, -0.2) is 27.9 Å². The highest BCUT2D eigenvalue weighted by atomic mass is 35.5. The van der Waals surface area contributed by atoms with Crippen molar-refractivity contribution in [3.05, 3.63) is 102 Å².